The number of rotatable bonds is 4. The molecule has 2 aromatic heterocycles. The molecule has 0 saturated heterocycles. The predicted octanol–water partition coefficient (Wildman–Crippen LogP) is 1.43. The van der Waals surface area contributed by atoms with E-state index in [9.17, 15) is 14.7 Å². The Morgan fingerprint density at radius 3 is 2.62 bits per heavy atom. The Bertz CT molecular complexity index is 719. The molecule has 1 amide bonds. The number of carboxylic acids is 1. The van der Waals surface area contributed by atoms with Crippen LogP contribution in [0.1, 0.15) is 43.0 Å². The summed E-state index contributed by atoms with van der Waals surface area (Å²) in [6.45, 7) is 2.10. The zero-order valence-electron chi connectivity index (χ0n) is 13.3. The molecule has 0 bridgehead atoms. The average Bonchev–Trinajstić information content (AvgIpc) is 3.11. The summed E-state index contributed by atoms with van der Waals surface area (Å²) in [5, 5.41) is 16.3. The normalized spacial score (nSPS) is 23.6. The van der Waals surface area contributed by atoms with Crippen molar-refractivity contribution in [1.82, 2.24) is 25.1 Å². The van der Waals surface area contributed by atoms with E-state index in [1.807, 2.05) is 0 Å². The molecule has 1 fully saturated rings. The summed E-state index contributed by atoms with van der Waals surface area (Å²) >= 11 is 0. The second-order valence-electron chi connectivity index (χ2n) is 6.27. The lowest BCUT2D eigenvalue weighted by atomic mass is 9.77. The molecule has 0 unspecified atom stereocenters. The van der Waals surface area contributed by atoms with Crippen molar-refractivity contribution in [1.29, 1.82) is 0 Å². The summed E-state index contributed by atoms with van der Waals surface area (Å²) in [4.78, 5) is 32.2. The van der Waals surface area contributed by atoms with Crippen LogP contribution >= 0.6 is 0 Å². The first-order valence-corrected chi connectivity index (χ1v) is 7.87. The maximum absolute atomic E-state index is 12.5. The topological polar surface area (TPSA) is 110 Å². The summed E-state index contributed by atoms with van der Waals surface area (Å²) in [6.07, 6.45) is 6.77. The number of nitrogens with zero attached hydrogens (tertiary/aromatic N) is 4. The van der Waals surface area contributed by atoms with Crippen LogP contribution in [0.25, 0.3) is 5.82 Å². The van der Waals surface area contributed by atoms with Gasteiger partial charge >= 0.3 is 5.97 Å². The highest BCUT2D eigenvalue weighted by Crippen LogP contribution is 2.32. The van der Waals surface area contributed by atoms with Crippen molar-refractivity contribution in [2.45, 2.75) is 38.1 Å². The molecule has 24 heavy (non-hydrogen) atoms. The van der Waals surface area contributed by atoms with Gasteiger partial charge in [0.1, 0.15) is 18.2 Å². The lowest BCUT2D eigenvalue weighted by Gasteiger charge is -2.36. The largest absolute Gasteiger partial charge is 0.480 e. The molecule has 126 valence electrons. The molecule has 2 heterocycles. The molecule has 1 aliphatic rings. The van der Waals surface area contributed by atoms with E-state index in [-0.39, 0.29) is 0 Å². The second kappa shape index (κ2) is 6.38. The maximum atomic E-state index is 12.5. The molecule has 0 aliphatic heterocycles. The number of aromatic nitrogens is 4. The van der Waals surface area contributed by atoms with Crippen LogP contribution in [0.2, 0.25) is 0 Å². The highest BCUT2D eigenvalue weighted by Gasteiger charge is 2.42. The van der Waals surface area contributed by atoms with E-state index in [2.05, 4.69) is 27.3 Å². The molecular formula is C16H19N5O3. The number of hydrogen-bond acceptors (Lipinski definition) is 5. The van der Waals surface area contributed by atoms with Crippen molar-refractivity contribution in [3.8, 4) is 5.82 Å². The Labute approximate surface area is 138 Å². The van der Waals surface area contributed by atoms with E-state index in [4.69, 9.17) is 0 Å². The Morgan fingerprint density at radius 2 is 2.08 bits per heavy atom. The minimum atomic E-state index is -1.19. The summed E-state index contributed by atoms with van der Waals surface area (Å²) in [6, 6.07) is 3.24. The van der Waals surface area contributed by atoms with Crippen molar-refractivity contribution in [2.75, 3.05) is 0 Å². The third-order valence-corrected chi connectivity index (χ3v) is 4.55. The molecule has 0 radical (unpaired) electrons. The molecule has 1 saturated carbocycles. The Kier molecular flexibility index (Phi) is 4.28. The van der Waals surface area contributed by atoms with Gasteiger partial charge in [-0.2, -0.15) is 5.10 Å². The van der Waals surface area contributed by atoms with Gasteiger partial charge in [-0.1, -0.05) is 6.92 Å². The van der Waals surface area contributed by atoms with Gasteiger partial charge in [-0.25, -0.2) is 19.4 Å². The van der Waals surface area contributed by atoms with E-state index >= 15 is 0 Å². The molecule has 0 spiro atoms. The van der Waals surface area contributed by atoms with Crippen LogP contribution in [0.3, 0.4) is 0 Å². The Balaban J connectivity index is 1.75. The number of carbonyl (C=O) groups is 2. The van der Waals surface area contributed by atoms with E-state index in [1.165, 1.54) is 23.5 Å². The molecular weight excluding hydrogens is 310 g/mol. The molecule has 0 aromatic carbocycles. The highest BCUT2D eigenvalue weighted by atomic mass is 16.4. The van der Waals surface area contributed by atoms with Crippen molar-refractivity contribution >= 4 is 11.9 Å². The van der Waals surface area contributed by atoms with Crippen molar-refractivity contribution in [3.63, 3.8) is 0 Å². The first-order chi connectivity index (χ1) is 11.5. The van der Waals surface area contributed by atoms with Crippen LogP contribution in [-0.2, 0) is 4.79 Å². The summed E-state index contributed by atoms with van der Waals surface area (Å²) in [5.74, 6) is -0.388. The quantitative estimate of drug-likeness (QED) is 0.878. The fraction of sp³-hybridized carbons (Fsp3) is 0.438. The van der Waals surface area contributed by atoms with Gasteiger partial charge in [0.2, 0.25) is 0 Å². The van der Waals surface area contributed by atoms with Gasteiger partial charge in [-0.15, -0.1) is 0 Å². The fourth-order valence-corrected chi connectivity index (χ4v) is 2.92. The smallest absolute Gasteiger partial charge is 0.329 e. The third-order valence-electron chi connectivity index (χ3n) is 4.55. The van der Waals surface area contributed by atoms with Crippen LogP contribution in [0.5, 0.6) is 0 Å². The fourth-order valence-electron chi connectivity index (χ4n) is 2.92. The van der Waals surface area contributed by atoms with Gasteiger partial charge < -0.3 is 10.4 Å². The second-order valence-corrected chi connectivity index (χ2v) is 6.27. The minimum Gasteiger partial charge on any atom is -0.480 e. The van der Waals surface area contributed by atoms with Gasteiger partial charge in [0.15, 0.2) is 5.82 Å². The highest BCUT2D eigenvalue weighted by molar-refractivity contribution is 5.97. The van der Waals surface area contributed by atoms with Crippen LogP contribution < -0.4 is 5.32 Å². The lowest BCUT2D eigenvalue weighted by molar-refractivity contribution is -0.146. The summed E-state index contributed by atoms with van der Waals surface area (Å²) < 4.78 is 1.48. The monoisotopic (exact) mass is 329 g/mol. The number of carbonyl (C=O) groups excluding carboxylic acids is 1. The van der Waals surface area contributed by atoms with Gasteiger partial charge in [-0.3, -0.25) is 4.79 Å². The molecule has 1 aliphatic carbocycles. The van der Waals surface area contributed by atoms with Crippen LogP contribution in [0, 0.1) is 5.92 Å². The molecule has 8 nitrogen and oxygen atoms in total. The van der Waals surface area contributed by atoms with E-state index in [0.717, 1.165) is 12.8 Å². The van der Waals surface area contributed by atoms with E-state index in [1.54, 1.807) is 12.1 Å². The Morgan fingerprint density at radius 1 is 1.33 bits per heavy atom. The van der Waals surface area contributed by atoms with Gasteiger partial charge in [-0.05, 0) is 43.7 Å². The van der Waals surface area contributed by atoms with Gasteiger partial charge in [0, 0.05) is 6.20 Å². The number of amides is 1. The molecule has 8 heteroatoms. The average molecular weight is 329 g/mol. The van der Waals surface area contributed by atoms with Crippen LogP contribution in [0.4, 0.5) is 0 Å². The van der Waals surface area contributed by atoms with Crippen molar-refractivity contribution in [2.24, 2.45) is 5.92 Å². The van der Waals surface area contributed by atoms with Crippen molar-refractivity contribution < 1.29 is 14.7 Å². The number of carboxylic acid groups (broad SMARTS) is 1. The number of pyridine rings is 1. The first kappa shape index (κ1) is 16.1. The van der Waals surface area contributed by atoms with Crippen LogP contribution in [-0.4, -0.2) is 42.3 Å². The molecule has 0 atom stereocenters. The molecule has 2 N–H and O–H groups in total. The SMILES string of the molecule is CC1CCC(NC(=O)c2ccc(-n3cncn3)nc2)(C(=O)O)CC1. The number of hydrogen-bond donors (Lipinski definition) is 2. The van der Waals surface area contributed by atoms with E-state index in [0.29, 0.717) is 30.1 Å². The van der Waals surface area contributed by atoms with Gasteiger partial charge in [0.25, 0.3) is 5.91 Å². The zero-order valence-corrected chi connectivity index (χ0v) is 13.3. The van der Waals surface area contributed by atoms with Crippen LogP contribution in [0.15, 0.2) is 31.0 Å². The lowest BCUT2D eigenvalue weighted by Crippen LogP contribution is -2.56. The zero-order chi connectivity index (χ0) is 17.2. The summed E-state index contributed by atoms with van der Waals surface area (Å²) in [5.41, 5.74) is -0.869. The minimum absolute atomic E-state index is 0.318. The maximum Gasteiger partial charge on any atom is 0.329 e. The predicted molar refractivity (Wildman–Crippen MR) is 84.6 cm³/mol. The third kappa shape index (κ3) is 3.12. The number of aliphatic carboxylic acids is 1. The first-order valence-electron chi connectivity index (χ1n) is 7.87. The van der Waals surface area contributed by atoms with Gasteiger partial charge in [0.05, 0.1) is 5.56 Å². The summed E-state index contributed by atoms with van der Waals surface area (Å²) in [7, 11) is 0. The van der Waals surface area contributed by atoms with E-state index < -0.39 is 17.4 Å². The molecule has 3 rings (SSSR count). The number of nitrogens with one attached hydrogen (secondary N) is 1. The molecule has 2 aromatic rings. The standard InChI is InChI=1S/C16H19N5O3/c1-11-4-6-16(7-5-11,15(23)24)20-14(22)12-2-3-13(18-8-12)21-10-17-9-19-21/h2-3,8-11H,4-7H2,1H3,(H,20,22)(H,23,24). The Hall–Kier alpha value is -2.77. The van der Waals surface area contributed by atoms with Crippen molar-refractivity contribution in [3.05, 3.63) is 36.5 Å².